The lowest BCUT2D eigenvalue weighted by Gasteiger charge is -2.10. The first-order valence-corrected chi connectivity index (χ1v) is 7.86. The maximum Gasteiger partial charge on any atom is 0.262 e. The zero-order valence-corrected chi connectivity index (χ0v) is 13.5. The van der Waals surface area contributed by atoms with E-state index in [1.165, 1.54) is 0 Å². The molecule has 0 fully saturated rings. The Kier molecular flexibility index (Phi) is 4.92. The molecule has 0 atom stereocenters. The molecule has 3 rings (SSSR count). The molecule has 3 aromatic rings. The lowest BCUT2D eigenvalue weighted by Crippen LogP contribution is -2.20. The Balaban J connectivity index is 1.63. The van der Waals surface area contributed by atoms with Gasteiger partial charge in [0.2, 0.25) is 0 Å². The summed E-state index contributed by atoms with van der Waals surface area (Å²) in [5.41, 5.74) is 4.01. The van der Waals surface area contributed by atoms with Crippen molar-refractivity contribution in [2.45, 2.75) is 6.92 Å². The van der Waals surface area contributed by atoms with Crippen molar-refractivity contribution in [3.8, 4) is 16.9 Å². The van der Waals surface area contributed by atoms with Crippen molar-refractivity contribution in [2.75, 3.05) is 11.9 Å². The van der Waals surface area contributed by atoms with E-state index in [1.54, 1.807) is 0 Å². The molecule has 0 aliphatic rings. The summed E-state index contributed by atoms with van der Waals surface area (Å²) in [6.07, 6.45) is 0. The molecule has 0 saturated heterocycles. The standard InChI is InChI=1S/C21H19NO2/c1-16-8-5-6-13-20(16)22-21(23)15-24-19-12-7-11-18(14-19)17-9-3-2-4-10-17/h2-14H,15H2,1H3,(H,22,23). The fourth-order valence-electron chi connectivity index (χ4n) is 2.44. The van der Waals surface area contributed by atoms with Crippen molar-refractivity contribution in [1.29, 1.82) is 0 Å². The Morgan fingerprint density at radius 1 is 0.875 bits per heavy atom. The minimum atomic E-state index is -0.172. The highest BCUT2D eigenvalue weighted by Gasteiger charge is 2.06. The first kappa shape index (κ1) is 15.8. The van der Waals surface area contributed by atoms with E-state index in [0.717, 1.165) is 22.4 Å². The molecule has 1 N–H and O–H groups in total. The number of aryl methyl sites for hydroxylation is 1. The maximum absolute atomic E-state index is 12.1. The third-order valence-electron chi connectivity index (χ3n) is 3.73. The van der Waals surface area contributed by atoms with Crippen LogP contribution in [0.2, 0.25) is 0 Å². The molecule has 3 heteroatoms. The second-order valence-electron chi connectivity index (χ2n) is 5.55. The van der Waals surface area contributed by atoms with Gasteiger partial charge < -0.3 is 10.1 Å². The summed E-state index contributed by atoms with van der Waals surface area (Å²) >= 11 is 0. The fourth-order valence-corrected chi connectivity index (χ4v) is 2.44. The summed E-state index contributed by atoms with van der Waals surface area (Å²) < 4.78 is 5.63. The summed E-state index contributed by atoms with van der Waals surface area (Å²) in [6.45, 7) is 1.94. The molecule has 0 spiro atoms. The van der Waals surface area contributed by atoms with Crippen LogP contribution in [0.15, 0.2) is 78.9 Å². The van der Waals surface area contributed by atoms with Gasteiger partial charge in [-0.05, 0) is 41.8 Å². The SMILES string of the molecule is Cc1ccccc1NC(=O)COc1cccc(-c2ccccc2)c1. The van der Waals surface area contributed by atoms with Crippen LogP contribution < -0.4 is 10.1 Å². The van der Waals surface area contributed by atoms with Gasteiger partial charge in [0.25, 0.3) is 5.91 Å². The lowest BCUT2D eigenvalue weighted by molar-refractivity contribution is -0.118. The van der Waals surface area contributed by atoms with Crippen LogP contribution in [0.5, 0.6) is 5.75 Å². The number of rotatable bonds is 5. The Bertz CT molecular complexity index is 828. The molecule has 1 amide bonds. The molecular formula is C21H19NO2. The molecular weight excluding hydrogens is 298 g/mol. The quantitative estimate of drug-likeness (QED) is 0.742. The van der Waals surface area contributed by atoms with Gasteiger partial charge in [-0.2, -0.15) is 0 Å². The summed E-state index contributed by atoms with van der Waals surface area (Å²) in [7, 11) is 0. The predicted octanol–water partition coefficient (Wildman–Crippen LogP) is 4.68. The third kappa shape index (κ3) is 4.02. The van der Waals surface area contributed by atoms with Gasteiger partial charge in [-0.25, -0.2) is 0 Å². The Morgan fingerprint density at radius 2 is 1.58 bits per heavy atom. The highest BCUT2D eigenvalue weighted by atomic mass is 16.5. The van der Waals surface area contributed by atoms with Crippen molar-refractivity contribution in [2.24, 2.45) is 0 Å². The van der Waals surface area contributed by atoms with Crippen molar-refractivity contribution in [3.05, 3.63) is 84.4 Å². The maximum atomic E-state index is 12.1. The highest BCUT2D eigenvalue weighted by molar-refractivity contribution is 5.92. The van der Waals surface area contributed by atoms with E-state index >= 15 is 0 Å². The van der Waals surface area contributed by atoms with Crippen LogP contribution in [0.4, 0.5) is 5.69 Å². The number of nitrogens with one attached hydrogen (secondary N) is 1. The molecule has 0 aliphatic carbocycles. The first-order chi connectivity index (χ1) is 11.7. The van der Waals surface area contributed by atoms with Gasteiger partial charge in [-0.3, -0.25) is 4.79 Å². The molecule has 24 heavy (non-hydrogen) atoms. The zero-order chi connectivity index (χ0) is 16.8. The van der Waals surface area contributed by atoms with Gasteiger partial charge in [-0.15, -0.1) is 0 Å². The normalized spacial score (nSPS) is 10.2. The summed E-state index contributed by atoms with van der Waals surface area (Å²) in [5, 5.41) is 2.86. The molecule has 0 aromatic heterocycles. The average Bonchev–Trinajstić information content (AvgIpc) is 2.63. The van der Waals surface area contributed by atoms with Gasteiger partial charge in [0.15, 0.2) is 6.61 Å². The Morgan fingerprint density at radius 3 is 2.38 bits per heavy atom. The van der Waals surface area contributed by atoms with E-state index in [1.807, 2.05) is 85.8 Å². The smallest absolute Gasteiger partial charge is 0.262 e. The predicted molar refractivity (Wildman–Crippen MR) is 97.2 cm³/mol. The van der Waals surface area contributed by atoms with E-state index in [-0.39, 0.29) is 12.5 Å². The molecule has 0 aliphatic heterocycles. The molecule has 0 heterocycles. The van der Waals surface area contributed by atoms with Crippen molar-refractivity contribution in [3.63, 3.8) is 0 Å². The summed E-state index contributed by atoms with van der Waals surface area (Å²) in [4.78, 5) is 12.1. The Hall–Kier alpha value is -3.07. The summed E-state index contributed by atoms with van der Waals surface area (Å²) in [5.74, 6) is 0.505. The van der Waals surface area contributed by atoms with Crippen molar-refractivity contribution >= 4 is 11.6 Å². The summed E-state index contributed by atoms with van der Waals surface area (Å²) in [6, 6.07) is 25.5. The van der Waals surface area contributed by atoms with Crippen molar-refractivity contribution in [1.82, 2.24) is 0 Å². The fraction of sp³-hybridized carbons (Fsp3) is 0.0952. The van der Waals surface area contributed by atoms with Crippen LogP contribution in [0.1, 0.15) is 5.56 Å². The van der Waals surface area contributed by atoms with Crippen LogP contribution in [-0.2, 0) is 4.79 Å². The van der Waals surface area contributed by atoms with Crippen molar-refractivity contribution < 1.29 is 9.53 Å². The lowest BCUT2D eigenvalue weighted by atomic mass is 10.1. The Labute approximate surface area is 141 Å². The monoisotopic (exact) mass is 317 g/mol. The minimum absolute atomic E-state index is 0.0213. The largest absolute Gasteiger partial charge is 0.484 e. The van der Waals surface area contributed by atoms with Gasteiger partial charge in [0.1, 0.15) is 5.75 Å². The third-order valence-corrected chi connectivity index (χ3v) is 3.73. The van der Waals surface area contributed by atoms with E-state index < -0.39 is 0 Å². The van der Waals surface area contributed by atoms with Gasteiger partial charge in [0, 0.05) is 5.69 Å². The van der Waals surface area contributed by atoms with E-state index in [9.17, 15) is 4.79 Å². The minimum Gasteiger partial charge on any atom is -0.484 e. The molecule has 0 bridgehead atoms. The molecule has 0 radical (unpaired) electrons. The molecule has 3 nitrogen and oxygen atoms in total. The molecule has 0 saturated carbocycles. The van der Waals surface area contributed by atoms with Gasteiger partial charge in [-0.1, -0.05) is 60.7 Å². The van der Waals surface area contributed by atoms with E-state index in [4.69, 9.17) is 4.74 Å². The number of anilines is 1. The number of hydrogen-bond donors (Lipinski definition) is 1. The van der Waals surface area contributed by atoms with E-state index in [2.05, 4.69) is 5.32 Å². The van der Waals surface area contributed by atoms with Crippen LogP contribution in [-0.4, -0.2) is 12.5 Å². The highest BCUT2D eigenvalue weighted by Crippen LogP contribution is 2.23. The number of carbonyl (C=O) groups is 1. The molecule has 3 aromatic carbocycles. The number of para-hydroxylation sites is 1. The molecule has 120 valence electrons. The number of benzene rings is 3. The molecule has 0 unspecified atom stereocenters. The second kappa shape index (κ2) is 7.47. The van der Waals surface area contributed by atoms with Crippen LogP contribution in [0.3, 0.4) is 0 Å². The number of ether oxygens (including phenoxy) is 1. The first-order valence-electron chi connectivity index (χ1n) is 7.86. The van der Waals surface area contributed by atoms with Crippen LogP contribution in [0.25, 0.3) is 11.1 Å². The number of amides is 1. The van der Waals surface area contributed by atoms with Gasteiger partial charge in [0.05, 0.1) is 0 Å². The number of carbonyl (C=O) groups excluding carboxylic acids is 1. The van der Waals surface area contributed by atoms with E-state index in [0.29, 0.717) is 5.75 Å². The second-order valence-corrected chi connectivity index (χ2v) is 5.55. The number of hydrogen-bond acceptors (Lipinski definition) is 2. The average molecular weight is 317 g/mol. The topological polar surface area (TPSA) is 38.3 Å². The van der Waals surface area contributed by atoms with Crippen LogP contribution >= 0.6 is 0 Å². The van der Waals surface area contributed by atoms with Gasteiger partial charge >= 0.3 is 0 Å². The zero-order valence-electron chi connectivity index (χ0n) is 13.5. The van der Waals surface area contributed by atoms with Crippen LogP contribution in [0, 0.1) is 6.92 Å².